The third kappa shape index (κ3) is 4.65. The number of fused-ring (bicyclic) bond motifs is 7. The van der Waals surface area contributed by atoms with Gasteiger partial charge in [0.15, 0.2) is 5.58 Å². The Bertz CT molecular complexity index is 2860. The summed E-state index contributed by atoms with van der Waals surface area (Å²) in [5, 5.41) is 9.62. The van der Waals surface area contributed by atoms with Crippen molar-refractivity contribution in [2.45, 2.75) is 0 Å². The molecule has 0 atom stereocenters. The maximum atomic E-state index is 6.76. The number of hydrogen-bond acceptors (Lipinski definition) is 2. The zero-order valence-corrected chi connectivity index (χ0v) is 27.3. The largest absolute Gasteiger partial charge is 0.454 e. The second-order valence-electron chi connectivity index (χ2n) is 12.9. The summed E-state index contributed by atoms with van der Waals surface area (Å²) in [4.78, 5) is 2.34. The molecule has 0 aliphatic rings. The standard InChI is InChI=1S/C48H31NO/c1-2-10-32(11-3-1)37-25-29-47-45(30-37)43-18-9-19-46(48(43)50-47)49(39-28-24-36-21-20-34-13-5-7-16-42(34)44(36)31-39)38-26-22-35(23-27-38)41-17-8-14-33-12-4-6-15-40(33)41/h1-31H. The molecule has 10 rings (SSSR count). The summed E-state index contributed by atoms with van der Waals surface area (Å²) in [7, 11) is 0. The van der Waals surface area contributed by atoms with Gasteiger partial charge in [0.1, 0.15) is 5.58 Å². The van der Waals surface area contributed by atoms with Crippen LogP contribution in [0.25, 0.3) is 76.5 Å². The Morgan fingerprint density at radius 3 is 1.80 bits per heavy atom. The van der Waals surface area contributed by atoms with E-state index in [0.29, 0.717) is 0 Å². The molecular formula is C48H31NO. The minimum absolute atomic E-state index is 0.865. The first kappa shape index (κ1) is 28.4. The van der Waals surface area contributed by atoms with Crippen LogP contribution in [0.3, 0.4) is 0 Å². The Morgan fingerprint density at radius 1 is 0.340 bits per heavy atom. The summed E-state index contributed by atoms with van der Waals surface area (Å²) in [6.07, 6.45) is 0. The van der Waals surface area contributed by atoms with E-state index >= 15 is 0 Å². The molecule has 234 valence electrons. The van der Waals surface area contributed by atoms with E-state index in [9.17, 15) is 0 Å². The van der Waals surface area contributed by atoms with Gasteiger partial charge < -0.3 is 9.32 Å². The van der Waals surface area contributed by atoms with E-state index in [-0.39, 0.29) is 0 Å². The molecule has 9 aromatic carbocycles. The monoisotopic (exact) mass is 637 g/mol. The summed E-state index contributed by atoms with van der Waals surface area (Å²) in [6, 6.07) is 67.5. The van der Waals surface area contributed by atoms with Gasteiger partial charge in [0.25, 0.3) is 0 Å². The molecule has 0 fully saturated rings. The summed E-state index contributed by atoms with van der Waals surface area (Å²) in [5.74, 6) is 0. The molecule has 0 bridgehead atoms. The van der Waals surface area contributed by atoms with Gasteiger partial charge in [-0.2, -0.15) is 0 Å². The van der Waals surface area contributed by atoms with Gasteiger partial charge in [-0.3, -0.25) is 0 Å². The fourth-order valence-corrected chi connectivity index (χ4v) is 7.59. The molecule has 2 nitrogen and oxygen atoms in total. The van der Waals surface area contributed by atoms with Crippen LogP contribution >= 0.6 is 0 Å². The van der Waals surface area contributed by atoms with Crippen molar-refractivity contribution in [3.8, 4) is 22.3 Å². The number of benzene rings is 9. The molecule has 0 saturated heterocycles. The molecule has 0 saturated carbocycles. The average molecular weight is 638 g/mol. The fourth-order valence-electron chi connectivity index (χ4n) is 7.59. The van der Waals surface area contributed by atoms with Crippen LogP contribution in [0.4, 0.5) is 17.1 Å². The average Bonchev–Trinajstić information content (AvgIpc) is 3.57. The van der Waals surface area contributed by atoms with E-state index in [1.807, 2.05) is 0 Å². The smallest absolute Gasteiger partial charge is 0.159 e. The topological polar surface area (TPSA) is 16.4 Å². The van der Waals surface area contributed by atoms with Crippen LogP contribution in [0.1, 0.15) is 0 Å². The van der Waals surface area contributed by atoms with Crippen LogP contribution in [0.5, 0.6) is 0 Å². The Hall–Kier alpha value is -6.64. The normalized spacial score (nSPS) is 11.6. The van der Waals surface area contributed by atoms with E-state index < -0.39 is 0 Å². The molecule has 10 aromatic rings. The number of anilines is 3. The molecule has 0 amide bonds. The number of hydrogen-bond donors (Lipinski definition) is 0. The maximum absolute atomic E-state index is 6.76. The predicted octanol–water partition coefficient (Wildman–Crippen LogP) is 13.8. The summed E-state index contributed by atoms with van der Waals surface area (Å²) < 4.78 is 6.76. The van der Waals surface area contributed by atoms with Crippen molar-refractivity contribution in [3.63, 3.8) is 0 Å². The van der Waals surface area contributed by atoms with Gasteiger partial charge in [0, 0.05) is 22.1 Å². The molecule has 0 unspecified atom stereocenters. The van der Waals surface area contributed by atoms with Gasteiger partial charge in [-0.1, -0.05) is 146 Å². The van der Waals surface area contributed by atoms with Crippen LogP contribution < -0.4 is 4.90 Å². The molecule has 0 aliphatic heterocycles. The van der Waals surface area contributed by atoms with E-state index in [1.54, 1.807) is 0 Å². The van der Waals surface area contributed by atoms with Gasteiger partial charge in [-0.15, -0.1) is 0 Å². The van der Waals surface area contributed by atoms with Gasteiger partial charge in [0.2, 0.25) is 0 Å². The van der Waals surface area contributed by atoms with E-state index in [1.165, 1.54) is 54.6 Å². The zero-order valence-electron chi connectivity index (χ0n) is 27.3. The molecule has 0 aliphatic carbocycles. The SMILES string of the molecule is c1ccc(-c2ccc3oc4c(N(c5ccc(-c6cccc7ccccc67)cc5)c5ccc6ccc7ccccc7c6c5)cccc4c3c2)cc1. The third-order valence-corrected chi connectivity index (χ3v) is 10.0. The number of furan rings is 1. The lowest BCUT2D eigenvalue weighted by atomic mass is 9.98. The Balaban J connectivity index is 1.18. The maximum Gasteiger partial charge on any atom is 0.159 e. The van der Waals surface area contributed by atoms with Crippen LogP contribution in [0.2, 0.25) is 0 Å². The Morgan fingerprint density at radius 2 is 0.960 bits per heavy atom. The van der Waals surface area contributed by atoms with Crippen molar-refractivity contribution in [1.82, 2.24) is 0 Å². The van der Waals surface area contributed by atoms with E-state index in [4.69, 9.17) is 4.42 Å². The summed E-state index contributed by atoms with van der Waals surface area (Å²) in [5.41, 5.74) is 9.66. The minimum atomic E-state index is 0.865. The highest BCUT2D eigenvalue weighted by Gasteiger charge is 2.20. The van der Waals surface area contributed by atoms with E-state index in [0.717, 1.165) is 39.0 Å². The zero-order chi connectivity index (χ0) is 33.0. The molecule has 50 heavy (non-hydrogen) atoms. The quantitative estimate of drug-likeness (QED) is 0.175. The lowest BCUT2D eigenvalue weighted by Crippen LogP contribution is -2.10. The molecule has 0 radical (unpaired) electrons. The lowest BCUT2D eigenvalue weighted by Gasteiger charge is -2.26. The highest BCUT2D eigenvalue weighted by atomic mass is 16.3. The van der Waals surface area contributed by atoms with Gasteiger partial charge in [0.05, 0.1) is 5.69 Å². The molecular weight excluding hydrogens is 607 g/mol. The highest BCUT2D eigenvalue weighted by Crippen LogP contribution is 2.44. The van der Waals surface area contributed by atoms with Gasteiger partial charge in [-0.25, -0.2) is 0 Å². The first-order valence-corrected chi connectivity index (χ1v) is 17.1. The van der Waals surface area contributed by atoms with Crippen molar-refractivity contribution >= 4 is 71.3 Å². The molecule has 0 spiro atoms. The van der Waals surface area contributed by atoms with Crippen molar-refractivity contribution in [1.29, 1.82) is 0 Å². The second-order valence-corrected chi connectivity index (χ2v) is 12.9. The first-order valence-electron chi connectivity index (χ1n) is 17.1. The van der Waals surface area contributed by atoms with Crippen LogP contribution in [-0.2, 0) is 0 Å². The van der Waals surface area contributed by atoms with Gasteiger partial charge >= 0.3 is 0 Å². The summed E-state index contributed by atoms with van der Waals surface area (Å²) >= 11 is 0. The molecule has 1 aromatic heterocycles. The van der Waals surface area contributed by atoms with Crippen molar-refractivity contribution in [2.75, 3.05) is 4.90 Å². The lowest BCUT2D eigenvalue weighted by molar-refractivity contribution is 0.669. The second kappa shape index (κ2) is 11.5. The summed E-state index contributed by atoms with van der Waals surface area (Å²) in [6.45, 7) is 0. The molecule has 2 heteroatoms. The van der Waals surface area contributed by atoms with E-state index in [2.05, 4.69) is 193 Å². The number of rotatable bonds is 5. The third-order valence-electron chi connectivity index (χ3n) is 10.0. The highest BCUT2D eigenvalue weighted by molar-refractivity contribution is 6.13. The Labute approximate surface area is 290 Å². The fraction of sp³-hybridized carbons (Fsp3) is 0. The van der Waals surface area contributed by atoms with Crippen molar-refractivity contribution in [2.24, 2.45) is 0 Å². The number of para-hydroxylation sites is 1. The van der Waals surface area contributed by atoms with Crippen molar-refractivity contribution in [3.05, 3.63) is 188 Å². The van der Waals surface area contributed by atoms with Crippen LogP contribution in [0.15, 0.2) is 192 Å². The predicted molar refractivity (Wildman–Crippen MR) is 212 cm³/mol. The van der Waals surface area contributed by atoms with Crippen LogP contribution in [-0.4, -0.2) is 0 Å². The molecule has 1 heterocycles. The Kier molecular flexibility index (Phi) is 6.53. The van der Waals surface area contributed by atoms with Crippen LogP contribution in [0, 0.1) is 0 Å². The van der Waals surface area contributed by atoms with Crippen molar-refractivity contribution < 1.29 is 4.42 Å². The van der Waals surface area contributed by atoms with Gasteiger partial charge in [-0.05, 0) is 97.0 Å². The number of nitrogens with zero attached hydrogens (tertiary/aromatic N) is 1. The first-order chi connectivity index (χ1) is 24.8. The minimum Gasteiger partial charge on any atom is -0.454 e. The molecule has 0 N–H and O–H groups in total.